The second-order valence-corrected chi connectivity index (χ2v) is 7.75. The standard InChI is InChI=1S/C16H19N5OS/c22-15(12-8-21(19-18-12)11-3-1-2-4-11)14-16(10-5-6-10)23-13-7-17-9-20(13)14/h7-11,15,22H,1-6H2. The number of thiazole rings is 1. The van der Waals surface area contributed by atoms with E-state index < -0.39 is 6.10 Å². The zero-order chi connectivity index (χ0) is 15.4. The summed E-state index contributed by atoms with van der Waals surface area (Å²) in [6.45, 7) is 0. The summed E-state index contributed by atoms with van der Waals surface area (Å²) in [6.07, 6.45) is 12.1. The monoisotopic (exact) mass is 329 g/mol. The van der Waals surface area contributed by atoms with Gasteiger partial charge in [0.25, 0.3) is 0 Å². The lowest BCUT2D eigenvalue weighted by molar-refractivity contribution is 0.208. The number of hydrogen-bond acceptors (Lipinski definition) is 5. The third kappa shape index (κ3) is 2.21. The average molecular weight is 329 g/mol. The van der Waals surface area contributed by atoms with Gasteiger partial charge in [0.1, 0.15) is 23.0 Å². The molecule has 0 spiro atoms. The van der Waals surface area contributed by atoms with Gasteiger partial charge in [-0.05, 0) is 31.6 Å². The zero-order valence-electron chi connectivity index (χ0n) is 12.8. The maximum atomic E-state index is 11.0. The number of rotatable bonds is 4. The second kappa shape index (κ2) is 5.14. The summed E-state index contributed by atoms with van der Waals surface area (Å²) in [5, 5.41) is 19.5. The Kier molecular flexibility index (Phi) is 3.06. The molecule has 1 unspecified atom stereocenters. The smallest absolute Gasteiger partial charge is 0.141 e. The summed E-state index contributed by atoms with van der Waals surface area (Å²) in [6, 6.07) is 0.446. The maximum absolute atomic E-state index is 11.0. The van der Waals surface area contributed by atoms with E-state index in [-0.39, 0.29) is 0 Å². The minimum atomic E-state index is -0.733. The van der Waals surface area contributed by atoms with Crippen molar-refractivity contribution in [3.8, 4) is 0 Å². The van der Waals surface area contributed by atoms with Crippen molar-refractivity contribution < 1.29 is 5.11 Å². The van der Waals surface area contributed by atoms with Crippen LogP contribution in [0.5, 0.6) is 0 Å². The third-order valence-electron chi connectivity index (χ3n) is 5.05. The molecule has 6 nitrogen and oxygen atoms in total. The van der Waals surface area contributed by atoms with Crippen LogP contribution in [-0.4, -0.2) is 29.5 Å². The van der Waals surface area contributed by atoms with E-state index in [2.05, 4.69) is 15.3 Å². The van der Waals surface area contributed by atoms with E-state index >= 15 is 0 Å². The molecule has 0 aliphatic heterocycles. The van der Waals surface area contributed by atoms with Gasteiger partial charge in [-0.2, -0.15) is 0 Å². The SMILES string of the molecule is OC(c1cn(C2CCCC2)nn1)c1c(C2CC2)sc2cncn12. The number of nitrogens with zero attached hydrogens (tertiary/aromatic N) is 5. The molecule has 2 saturated carbocycles. The molecule has 5 rings (SSSR count). The number of hydrogen-bond donors (Lipinski definition) is 1. The van der Waals surface area contributed by atoms with Crippen LogP contribution in [0.3, 0.4) is 0 Å². The molecule has 7 heteroatoms. The van der Waals surface area contributed by atoms with Gasteiger partial charge < -0.3 is 5.11 Å². The molecule has 23 heavy (non-hydrogen) atoms. The van der Waals surface area contributed by atoms with Crippen molar-refractivity contribution in [2.75, 3.05) is 0 Å². The van der Waals surface area contributed by atoms with Crippen LogP contribution in [0.25, 0.3) is 4.83 Å². The molecule has 0 aromatic carbocycles. The van der Waals surface area contributed by atoms with Gasteiger partial charge in [-0.15, -0.1) is 16.4 Å². The first-order valence-corrected chi connectivity index (χ1v) is 9.17. The minimum Gasteiger partial charge on any atom is -0.380 e. The Labute approximate surface area is 137 Å². The van der Waals surface area contributed by atoms with E-state index in [1.165, 1.54) is 30.6 Å². The molecule has 2 aliphatic rings. The topological polar surface area (TPSA) is 68.2 Å². The molecule has 3 aromatic rings. The zero-order valence-corrected chi connectivity index (χ0v) is 13.6. The summed E-state index contributed by atoms with van der Waals surface area (Å²) < 4.78 is 3.96. The van der Waals surface area contributed by atoms with Gasteiger partial charge in [0.2, 0.25) is 0 Å². The predicted octanol–water partition coefficient (Wildman–Crippen LogP) is 3.06. The molecule has 1 atom stereocenters. The van der Waals surface area contributed by atoms with Crippen molar-refractivity contribution >= 4 is 16.2 Å². The van der Waals surface area contributed by atoms with Gasteiger partial charge in [-0.25, -0.2) is 9.67 Å². The van der Waals surface area contributed by atoms with Crippen LogP contribution in [0.2, 0.25) is 0 Å². The highest BCUT2D eigenvalue weighted by Crippen LogP contribution is 2.47. The van der Waals surface area contributed by atoms with Gasteiger partial charge in [0.05, 0.1) is 24.1 Å². The minimum absolute atomic E-state index is 0.446. The van der Waals surface area contributed by atoms with E-state index in [4.69, 9.17) is 0 Å². The highest BCUT2D eigenvalue weighted by atomic mass is 32.1. The Hall–Kier alpha value is -1.73. The predicted molar refractivity (Wildman–Crippen MR) is 86.6 cm³/mol. The molecule has 0 amide bonds. The largest absolute Gasteiger partial charge is 0.380 e. The summed E-state index contributed by atoms with van der Waals surface area (Å²) >= 11 is 1.74. The fourth-order valence-corrected chi connectivity index (χ4v) is 4.93. The quantitative estimate of drug-likeness (QED) is 0.799. The van der Waals surface area contributed by atoms with Crippen molar-refractivity contribution in [1.29, 1.82) is 0 Å². The Balaban J connectivity index is 1.53. The van der Waals surface area contributed by atoms with E-state index in [1.807, 2.05) is 21.5 Å². The van der Waals surface area contributed by atoms with Crippen molar-refractivity contribution in [2.24, 2.45) is 0 Å². The number of fused-ring (bicyclic) bond motifs is 1. The first-order valence-electron chi connectivity index (χ1n) is 8.35. The van der Waals surface area contributed by atoms with Crippen LogP contribution >= 0.6 is 11.3 Å². The molecule has 120 valence electrons. The summed E-state index contributed by atoms with van der Waals surface area (Å²) in [4.78, 5) is 6.58. The molecular formula is C16H19N5OS. The molecule has 0 radical (unpaired) electrons. The fraction of sp³-hybridized carbons (Fsp3) is 0.562. The number of imidazole rings is 1. The fourth-order valence-electron chi connectivity index (χ4n) is 3.63. The molecule has 3 aromatic heterocycles. The van der Waals surface area contributed by atoms with E-state index in [0.29, 0.717) is 17.7 Å². The number of aromatic nitrogens is 5. The van der Waals surface area contributed by atoms with Crippen molar-refractivity contribution in [1.82, 2.24) is 24.4 Å². The van der Waals surface area contributed by atoms with Gasteiger partial charge >= 0.3 is 0 Å². The van der Waals surface area contributed by atoms with Crippen LogP contribution in [0, 0.1) is 0 Å². The first kappa shape index (κ1) is 13.7. The lowest BCUT2D eigenvalue weighted by Gasteiger charge is -2.10. The van der Waals surface area contributed by atoms with Crippen molar-refractivity contribution in [3.63, 3.8) is 0 Å². The second-order valence-electron chi connectivity index (χ2n) is 6.69. The molecule has 0 saturated heterocycles. The van der Waals surface area contributed by atoms with Crippen molar-refractivity contribution in [3.05, 3.63) is 35.0 Å². The van der Waals surface area contributed by atoms with Gasteiger partial charge in [0.15, 0.2) is 0 Å². The van der Waals surface area contributed by atoms with E-state index in [0.717, 1.165) is 23.4 Å². The highest BCUT2D eigenvalue weighted by Gasteiger charge is 2.33. The van der Waals surface area contributed by atoms with Gasteiger partial charge in [0, 0.05) is 4.88 Å². The molecule has 1 N–H and O–H groups in total. The summed E-state index contributed by atoms with van der Waals surface area (Å²) in [7, 11) is 0. The van der Waals surface area contributed by atoms with Gasteiger partial charge in [-0.1, -0.05) is 18.1 Å². The van der Waals surface area contributed by atoms with E-state index in [9.17, 15) is 5.11 Å². The average Bonchev–Trinajstić information content (AvgIpc) is 3.02. The maximum Gasteiger partial charge on any atom is 0.141 e. The molecular weight excluding hydrogens is 310 g/mol. The summed E-state index contributed by atoms with van der Waals surface area (Å²) in [5.74, 6) is 0.592. The van der Waals surface area contributed by atoms with Crippen LogP contribution in [0.15, 0.2) is 18.7 Å². The van der Waals surface area contributed by atoms with Crippen LogP contribution in [-0.2, 0) is 0 Å². The van der Waals surface area contributed by atoms with Gasteiger partial charge in [-0.3, -0.25) is 4.40 Å². The lowest BCUT2D eigenvalue weighted by Crippen LogP contribution is -2.06. The molecule has 0 bridgehead atoms. The van der Waals surface area contributed by atoms with Crippen LogP contribution in [0.1, 0.15) is 72.9 Å². The number of aliphatic hydroxyl groups excluding tert-OH is 1. The molecule has 2 fully saturated rings. The Morgan fingerprint density at radius 1 is 1.22 bits per heavy atom. The lowest BCUT2D eigenvalue weighted by atomic mass is 10.1. The molecule has 2 aliphatic carbocycles. The normalized spacial score (nSPS) is 20.6. The third-order valence-corrected chi connectivity index (χ3v) is 6.32. The van der Waals surface area contributed by atoms with Crippen molar-refractivity contribution in [2.45, 2.75) is 56.6 Å². The van der Waals surface area contributed by atoms with Crippen LogP contribution in [0.4, 0.5) is 0 Å². The molecule has 3 heterocycles. The number of aliphatic hydroxyl groups is 1. The Morgan fingerprint density at radius 3 is 2.83 bits per heavy atom. The highest BCUT2D eigenvalue weighted by molar-refractivity contribution is 7.17. The van der Waals surface area contributed by atoms with E-state index in [1.54, 1.807) is 17.7 Å². The van der Waals surface area contributed by atoms with Crippen LogP contribution < -0.4 is 0 Å². The Morgan fingerprint density at radius 2 is 2.04 bits per heavy atom. The first-order chi connectivity index (χ1) is 11.3. The summed E-state index contributed by atoms with van der Waals surface area (Å²) in [5.41, 5.74) is 1.58. The Bertz CT molecular complexity index is 840.